The lowest BCUT2D eigenvalue weighted by Gasteiger charge is -2.27. The minimum atomic E-state index is -3.32. The van der Waals surface area contributed by atoms with Gasteiger partial charge in [-0.3, -0.25) is 4.79 Å². The number of sulfonamides is 1. The van der Waals surface area contributed by atoms with Gasteiger partial charge in [0.15, 0.2) is 0 Å². The molecule has 94 valence electrons. The molecule has 1 unspecified atom stereocenters. The summed E-state index contributed by atoms with van der Waals surface area (Å²) in [6, 6.07) is -0.498. The van der Waals surface area contributed by atoms with Gasteiger partial charge < -0.3 is 4.90 Å². The van der Waals surface area contributed by atoms with Gasteiger partial charge in [0.25, 0.3) is 0 Å². The topological polar surface area (TPSA) is 57.7 Å². The van der Waals surface area contributed by atoms with Gasteiger partial charge in [-0.25, -0.2) is 8.42 Å². The van der Waals surface area contributed by atoms with Gasteiger partial charge in [0.2, 0.25) is 15.9 Å². The highest BCUT2D eigenvalue weighted by atomic mass is 32.2. The third-order valence-corrected chi connectivity index (χ3v) is 5.13. The quantitative estimate of drug-likeness (QED) is 0.720. The molecule has 0 bridgehead atoms. The minimum Gasteiger partial charge on any atom is -0.347 e. The number of likely N-dealkylation sites (N-methyl/N-ethyl adjacent to an activating group) is 1. The van der Waals surface area contributed by atoms with Crippen molar-refractivity contribution in [2.75, 3.05) is 20.6 Å². The average Bonchev–Trinajstić information content (AvgIpc) is 2.64. The monoisotopic (exact) mass is 248 g/mol. The van der Waals surface area contributed by atoms with Gasteiger partial charge in [0.1, 0.15) is 6.04 Å². The van der Waals surface area contributed by atoms with E-state index in [1.807, 2.05) is 0 Å². The number of carbonyl (C=O) groups excluding carboxylic acids is 1. The number of hydrogen-bond acceptors (Lipinski definition) is 3. The van der Waals surface area contributed by atoms with Crippen LogP contribution in [0.3, 0.4) is 0 Å². The smallest absolute Gasteiger partial charge is 0.240 e. The summed E-state index contributed by atoms with van der Waals surface area (Å²) in [5.41, 5.74) is 0. The molecule has 0 saturated carbocycles. The molecule has 1 aliphatic heterocycles. The first-order chi connectivity index (χ1) is 7.28. The number of carbonyl (C=O) groups is 1. The zero-order chi connectivity index (χ0) is 12.5. The Labute approximate surface area is 97.5 Å². The third-order valence-electron chi connectivity index (χ3n) is 2.85. The number of amides is 1. The van der Waals surface area contributed by atoms with Crippen molar-refractivity contribution in [1.29, 1.82) is 0 Å². The van der Waals surface area contributed by atoms with Gasteiger partial charge in [-0.2, -0.15) is 4.31 Å². The van der Waals surface area contributed by atoms with Crippen LogP contribution in [-0.2, 0) is 14.8 Å². The van der Waals surface area contributed by atoms with E-state index >= 15 is 0 Å². The maximum absolute atomic E-state index is 12.0. The maximum Gasteiger partial charge on any atom is 0.240 e. The lowest BCUT2D eigenvalue weighted by Crippen LogP contribution is -2.47. The van der Waals surface area contributed by atoms with Crippen molar-refractivity contribution >= 4 is 15.9 Å². The molecule has 1 heterocycles. The summed E-state index contributed by atoms with van der Waals surface area (Å²) in [6.45, 7) is 3.75. The lowest BCUT2D eigenvalue weighted by molar-refractivity contribution is -0.132. The Balaban J connectivity index is 2.94. The van der Waals surface area contributed by atoms with E-state index in [1.54, 1.807) is 27.9 Å². The number of rotatable bonds is 3. The Morgan fingerprint density at radius 3 is 2.38 bits per heavy atom. The van der Waals surface area contributed by atoms with Crippen LogP contribution in [0.5, 0.6) is 0 Å². The molecule has 0 N–H and O–H groups in total. The van der Waals surface area contributed by atoms with Crippen LogP contribution in [0.15, 0.2) is 0 Å². The largest absolute Gasteiger partial charge is 0.347 e. The van der Waals surface area contributed by atoms with E-state index in [4.69, 9.17) is 0 Å². The Morgan fingerprint density at radius 1 is 1.38 bits per heavy atom. The summed E-state index contributed by atoms with van der Waals surface area (Å²) >= 11 is 0. The molecule has 1 rings (SSSR count). The van der Waals surface area contributed by atoms with Gasteiger partial charge in [0.05, 0.1) is 5.25 Å². The molecule has 0 aliphatic carbocycles. The highest BCUT2D eigenvalue weighted by molar-refractivity contribution is 7.89. The molecule has 1 amide bonds. The molecular weight excluding hydrogens is 228 g/mol. The fraction of sp³-hybridized carbons (Fsp3) is 0.900. The van der Waals surface area contributed by atoms with E-state index in [0.717, 1.165) is 6.42 Å². The first-order valence-electron chi connectivity index (χ1n) is 5.50. The SMILES string of the molecule is CC(C)S(=O)(=O)N1CCCC1C(=O)N(C)C. The Morgan fingerprint density at radius 2 is 1.94 bits per heavy atom. The second kappa shape index (κ2) is 4.71. The number of nitrogens with zero attached hydrogens (tertiary/aromatic N) is 2. The maximum atomic E-state index is 12.0. The summed E-state index contributed by atoms with van der Waals surface area (Å²) in [4.78, 5) is 13.3. The average molecular weight is 248 g/mol. The molecule has 1 atom stereocenters. The van der Waals surface area contributed by atoms with Crippen LogP contribution in [0.2, 0.25) is 0 Å². The molecule has 0 aromatic heterocycles. The molecule has 1 saturated heterocycles. The lowest BCUT2D eigenvalue weighted by atomic mass is 10.2. The van der Waals surface area contributed by atoms with Crippen LogP contribution < -0.4 is 0 Å². The van der Waals surface area contributed by atoms with E-state index < -0.39 is 21.3 Å². The van der Waals surface area contributed by atoms with E-state index in [-0.39, 0.29) is 5.91 Å². The van der Waals surface area contributed by atoms with E-state index in [2.05, 4.69) is 0 Å². The summed E-state index contributed by atoms with van der Waals surface area (Å²) in [7, 11) is -0.0113. The molecular formula is C10H20N2O3S. The van der Waals surface area contributed by atoms with E-state index in [1.165, 1.54) is 9.21 Å². The fourth-order valence-electron chi connectivity index (χ4n) is 1.86. The summed E-state index contributed by atoms with van der Waals surface area (Å²) < 4.78 is 25.4. The van der Waals surface area contributed by atoms with Crippen LogP contribution in [0.1, 0.15) is 26.7 Å². The fourth-order valence-corrected chi connectivity index (χ4v) is 3.34. The molecule has 6 heteroatoms. The van der Waals surface area contributed by atoms with Crippen LogP contribution in [0.4, 0.5) is 0 Å². The Hall–Kier alpha value is -0.620. The van der Waals surface area contributed by atoms with Crippen molar-refractivity contribution in [2.24, 2.45) is 0 Å². The first kappa shape index (κ1) is 13.4. The van der Waals surface area contributed by atoms with Gasteiger partial charge >= 0.3 is 0 Å². The molecule has 1 aliphatic rings. The minimum absolute atomic E-state index is 0.123. The number of hydrogen-bond donors (Lipinski definition) is 0. The van der Waals surface area contributed by atoms with Crippen LogP contribution >= 0.6 is 0 Å². The second-order valence-electron chi connectivity index (χ2n) is 4.60. The summed E-state index contributed by atoms with van der Waals surface area (Å²) in [6.07, 6.45) is 1.39. The molecule has 0 radical (unpaired) electrons. The zero-order valence-electron chi connectivity index (χ0n) is 10.3. The first-order valence-corrected chi connectivity index (χ1v) is 7.00. The van der Waals surface area contributed by atoms with Crippen LogP contribution in [-0.4, -0.2) is 55.5 Å². The standard InChI is InChI=1S/C10H20N2O3S/c1-8(2)16(14,15)12-7-5-6-9(12)10(13)11(3)4/h8-9H,5-7H2,1-4H3. The van der Waals surface area contributed by atoms with Gasteiger partial charge in [-0.05, 0) is 26.7 Å². The highest BCUT2D eigenvalue weighted by Gasteiger charge is 2.40. The van der Waals surface area contributed by atoms with Crippen LogP contribution in [0.25, 0.3) is 0 Å². The predicted molar refractivity (Wildman–Crippen MR) is 62.5 cm³/mol. The third kappa shape index (κ3) is 2.38. The van der Waals surface area contributed by atoms with Gasteiger partial charge in [-0.1, -0.05) is 0 Å². The van der Waals surface area contributed by atoms with E-state index in [9.17, 15) is 13.2 Å². The molecule has 0 aromatic rings. The summed E-state index contributed by atoms with van der Waals surface area (Å²) in [5.74, 6) is -0.123. The summed E-state index contributed by atoms with van der Waals surface area (Å²) in [5, 5.41) is -0.469. The van der Waals surface area contributed by atoms with Crippen molar-refractivity contribution in [3.05, 3.63) is 0 Å². The molecule has 0 aromatic carbocycles. The van der Waals surface area contributed by atoms with Gasteiger partial charge in [-0.15, -0.1) is 0 Å². The normalized spacial score (nSPS) is 22.7. The molecule has 16 heavy (non-hydrogen) atoms. The second-order valence-corrected chi connectivity index (χ2v) is 7.04. The molecule has 0 spiro atoms. The van der Waals surface area contributed by atoms with Crippen molar-refractivity contribution in [3.63, 3.8) is 0 Å². The molecule has 5 nitrogen and oxygen atoms in total. The Bertz CT molecular complexity index is 362. The van der Waals surface area contributed by atoms with Crippen LogP contribution in [0, 0.1) is 0 Å². The Kier molecular flexibility index (Phi) is 3.96. The van der Waals surface area contributed by atoms with Crippen molar-refractivity contribution in [2.45, 2.75) is 38.0 Å². The van der Waals surface area contributed by atoms with Crippen molar-refractivity contribution < 1.29 is 13.2 Å². The zero-order valence-corrected chi connectivity index (χ0v) is 11.1. The van der Waals surface area contributed by atoms with Crippen molar-refractivity contribution in [3.8, 4) is 0 Å². The highest BCUT2D eigenvalue weighted by Crippen LogP contribution is 2.24. The predicted octanol–water partition coefficient (Wildman–Crippen LogP) is 0.277. The van der Waals surface area contributed by atoms with E-state index in [0.29, 0.717) is 13.0 Å². The molecule has 1 fully saturated rings. The van der Waals surface area contributed by atoms with Crippen molar-refractivity contribution in [1.82, 2.24) is 9.21 Å². The van der Waals surface area contributed by atoms with Gasteiger partial charge in [0, 0.05) is 20.6 Å².